The number of hydrogen-bond donors (Lipinski definition) is 1. The third-order valence-electron chi connectivity index (χ3n) is 5.72. The molecule has 1 aliphatic rings. The average Bonchev–Trinajstić information content (AvgIpc) is 3.32. The molecule has 2 atom stereocenters. The van der Waals surface area contributed by atoms with Crippen LogP contribution < -0.4 is 10.9 Å². The fourth-order valence-electron chi connectivity index (χ4n) is 3.97. The largest absolute Gasteiger partial charge is 0.376 e. The van der Waals surface area contributed by atoms with Crippen LogP contribution in [0, 0.1) is 0 Å². The number of fused-ring (bicyclic) bond motifs is 1. The van der Waals surface area contributed by atoms with Crippen molar-refractivity contribution in [2.24, 2.45) is 0 Å². The summed E-state index contributed by atoms with van der Waals surface area (Å²) >= 11 is 1.27. The molecular formula is C25H27N3O4S. The number of carbonyl (C=O) groups excluding carboxylic acids is 2. The number of rotatable bonds is 8. The summed E-state index contributed by atoms with van der Waals surface area (Å²) in [4.78, 5) is 42.0. The van der Waals surface area contributed by atoms with Gasteiger partial charge in [0.25, 0.3) is 5.56 Å². The van der Waals surface area contributed by atoms with Gasteiger partial charge in [-0.25, -0.2) is 4.98 Å². The molecule has 3 aromatic rings. The average molecular weight is 466 g/mol. The van der Waals surface area contributed by atoms with Crippen molar-refractivity contribution in [1.29, 1.82) is 0 Å². The van der Waals surface area contributed by atoms with E-state index in [-0.39, 0.29) is 35.1 Å². The molecule has 172 valence electrons. The van der Waals surface area contributed by atoms with E-state index in [1.807, 2.05) is 37.3 Å². The minimum absolute atomic E-state index is 0.0149. The number of nitrogens with zero attached hydrogens (tertiary/aromatic N) is 2. The number of Topliss-reactive ketones (excluding diaryl/α,β-unsaturated/α-hetero) is 1. The number of benzene rings is 2. The highest BCUT2D eigenvalue weighted by Gasteiger charge is 2.21. The highest BCUT2D eigenvalue weighted by atomic mass is 32.2. The minimum Gasteiger partial charge on any atom is -0.376 e. The zero-order valence-electron chi connectivity index (χ0n) is 18.7. The molecule has 0 spiro atoms. The SMILES string of the molecule is CC(=O)NC(C)c1ccc(C(=O)CSc2nc3ccccc3c(=O)n2CC2CCCO2)cc1. The molecule has 1 aromatic heterocycles. The molecule has 1 N–H and O–H groups in total. The summed E-state index contributed by atoms with van der Waals surface area (Å²) in [7, 11) is 0. The molecule has 0 radical (unpaired) electrons. The Balaban J connectivity index is 1.52. The second kappa shape index (κ2) is 10.3. The number of ketones is 1. The lowest BCUT2D eigenvalue weighted by molar-refractivity contribution is -0.119. The first kappa shape index (κ1) is 23.2. The summed E-state index contributed by atoms with van der Waals surface area (Å²) < 4.78 is 7.39. The standard InChI is InChI=1S/C25H27N3O4S/c1-16(26-17(2)29)18-9-11-19(12-10-18)23(30)15-33-25-27-22-8-4-3-7-21(22)24(31)28(25)14-20-6-5-13-32-20/h3-4,7-12,16,20H,5-6,13-15H2,1-2H3,(H,26,29). The van der Waals surface area contributed by atoms with Crippen LogP contribution in [0.15, 0.2) is 58.5 Å². The van der Waals surface area contributed by atoms with Crippen molar-refractivity contribution in [2.75, 3.05) is 12.4 Å². The Hall–Kier alpha value is -2.97. The number of nitrogens with one attached hydrogen (secondary N) is 1. The monoisotopic (exact) mass is 465 g/mol. The number of hydrogen-bond acceptors (Lipinski definition) is 6. The summed E-state index contributed by atoms with van der Waals surface area (Å²) in [5.41, 5.74) is 2.02. The Kier molecular flexibility index (Phi) is 7.25. The van der Waals surface area contributed by atoms with Crippen LogP contribution in [-0.2, 0) is 16.1 Å². The van der Waals surface area contributed by atoms with Crippen molar-refractivity contribution < 1.29 is 14.3 Å². The molecule has 7 nitrogen and oxygen atoms in total. The molecule has 4 rings (SSSR count). The molecule has 1 amide bonds. The Morgan fingerprint density at radius 2 is 1.97 bits per heavy atom. The summed E-state index contributed by atoms with van der Waals surface area (Å²) in [6.45, 7) is 4.51. The number of carbonyl (C=O) groups is 2. The molecule has 1 aliphatic heterocycles. The predicted octanol–water partition coefficient (Wildman–Crippen LogP) is 3.75. The Bertz CT molecular complexity index is 1220. The molecule has 2 aromatic carbocycles. The summed E-state index contributed by atoms with van der Waals surface area (Å²) in [5, 5.41) is 3.92. The molecule has 33 heavy (non-hydrogen) atoms. The highest BCUT2D eigenvalue weighted by Crippen LogP contribution is 2.22. The number of thioether (sulfide) groups is 1. The molecule has 8 heteroatoms. The van der Waals surface area contributed by atoms with Gasteiger partial charge >= 0.3 is 0 Å². The van der Waals surface area contributed by atoms with Gasteiger partial charge in [0, 0.05) is 19.1 Å². The van der Waals surface area contributed by atoms with E-state index in [0.717, 1.165) is 18.4 Å². The normalized spacial score (nSPS) is 16.6. The lowest BCUT2D eigenvalue weighted by Crippen LogP contribution is -2.29. The van der Waals surface area contributed by atoms with Crippen LogP contribution in [0.1, 0.15) is 48.7 Å². The van der Waals surface area contributed by atoms with Crippen LogP contribution in [-0.4, -0.2) is 39.7 Å². The van der Waals surface area contributed by atoms with E-state index in [1.54, 1.807) is 22.8 Å². The summed E-state index contributed by atoms with van der Waals surface area (Å²) in [6, 6.07) is 14.4. The Morgan fingerprint density at radius 3 is 2.67 bits per heavy atom. The molecule has 1 saturated heterocycles. The molecule has 1 fully saturated rings. The zero-order valence-corrected chi connectivity index (χ0v) is 19.6. The van der Waals surface area contributed by atoms with Gasteiger partial charge in [-0.15, -0.1) is 0 Å². The van der Waals surface area contributed by atoms with Gasteiger partial charge in [-0.2, -0.15) is 0 Å². The first-order valence-electron chi connectivity index (χ1n) is 11.1. The van der Waals surface area contributed by atoms with Gasteiger partial charge in [-0.1, -0.05) is 48.2 Å². The quantitative estimate of drug-likeness (QED) is 0.310. The van der Waals surface area contributed by atoms with Gasteiger partial charge in [0.2, 0.25) is 5.91 Å². The van der Waals surface area contributed by atoms with Crippen molar-refractivity contribution in [3.8, 4) is 0 Å². The van der Waals surface area contributed by atoms with Crippen molar-refractivity contribution >= 4 is 34.4 Å². The van der Waals surface area contributed by atoms with Gasteiger partial charge in [0.1, 0.15) is 0 Å². The number of para-hydroxylation sites is 1. The number of ether oxygens (including phenoxy) is 1. The van der Waals surface area contributed by atoms with Crippen molar-refractivity contribution in [2.45, 2.75) is 50.5 Å². The first-order chi connectivity index (χ1) is 15.9. The minimum atomic E-state index is -0.130. The molecule has 0 saturated carbocycles. The van der Waals surface area contributed by atoms with E-state index in [0.29, 0.717) is 34.8 Å². The maximum Gasteiger partial charge on any atom is 0.262 e. The van der Waals surface area contributed by atoms with Crippen LogP contribution in [0.2, 0.25) is 0 Å². The number of aromatic nitrogens is 2. The Morgan fingerprint density at radius 1 is 1.21 bits per heavy atom. The predicted molar refractivity (Wildman–Crippen MR) is 129 cm³/mol. The molecular weight excluding hydrogens is 438 g/mol. The van der Waals surface area contributed by atoms with E-state index in [1.165, 1.54) is 18.7 Å². The zero-order chi connectivity index (χ0) is 23.4. The third-order valence-corrected chi connectivity index (χ3v) is 6.70. The van der Waals surface area contributed by atoms with Crippen LogP contribution in [0.5, 0.6) is 0 Å². The van der Waals surface area contributed by atoms with Crippen molar-refractivity contribution in [1.82, 2.24) is 14.9 Å². The van der Waals surface area contributed by atoms with E-state index in [9.17, 15) is 14.4 Å². The van der Waals surface area contributed by atoms with Gasteiger partial charge in [0.05, 0.1) is 35.3 Å². The van der Waals surface area contributed by atoms with Crippen LogP contribution >= 0.6 is 11.8 Å². The van der Waals surface area contributed by atoms with Gasteiger partial charge < -0.3 is 10.1 Å². The van der Waals surface area contributed by atoms with E-state index < -0.39 is 0 Å². The maximum atomic E-state index is 13.2. The van der Waals surface area contributed by atoms with Gasteiger partial charge in [0.15, 0.2) is 10.9 Å². The third kappa shape index (κ3) is 5.51. The summed E-state index contributed by atoms with van der Waals surface area (Å²) in [5.74, 6) is 0.0115. The maximum absolute atomic E-state index is 13.2. The molecule has 2 heterocycles. The first-order valence-corrected chi connectivity index (χ1v) is 12.0. The van der Waals surface area contributed by atoms with E-state index in [2.05, 4.69) is 10.3 Å². The molecule has 0 bridgehead atoms. The lowest BCUT2D eigenvalue weighted by atomic mass is 10.0. The summed E-state index contributed by atoms with van der Waals surface area (Å²) in [6.07, 6.45) is 1.88. The van der Waals surface area contributed by atoms with Gasteiger partial charge in [-0.05, 0) is 37.5 Å². The van der Waals surface area contributed by atoms with Crippen LogP contribution in [0.25, 0.3) is 10.9 Å². The molecule has 2 unspecified atom stereocenters. The smallest absolute Gasteiger partial charge is 0.262 e. The highest BCUT2D eigenvalue weighted by molar-refractivity contribution is 7.99. The molecule has 0 aliphatic carbocycles. The van der Waals surface area contributed by atoms with Gasteiger partial charge in [-0.3, -0.25) is 19.0 Å². The van der Waals surface area contributed by atoms with E-state index >= 15 is 0 Å². The number of amides is 1. The van der Waals surface area contributed by atoms with E-state index in [4.69, 9.17) is 4.74 Å². The van der Waals surface area contributed by atoms with Crippen LogP contribution in [0.4, 0.5) is 0 Å². The van der Waals surface area contributed by atoms with Crippen LogP contribution in [0.3, 0.4) is 0 Å². The Labute approximate surface area is 196 Å². The van der Waals surface area contributed by atoms with Crippen molar-refractivity contribution in [3.05, 3.63) is 70.0 Å². The fraction of sp³-hybridized carbons (Fsp3) is 0.360. The topological polar surface area (TPSA) is 90.3 Å². The lowest BCUT2D eigenvalue weighted by Gasteiger charge is -2.16. The fourth-order valence-corrected chi connectivity index (χ4v) is 4.87. The second-order valence-electron chi connectivity index (χ2n) is 8.22. The van der Waals surface area contributed by atoms with Crippen molar-refractivity contribution in [3.63, 3.8) is 0 Å². The second-order valence-corrected chi connectivity index (χ2v) is 9.16.